The van der Waals surface area contributed by atoms with E-state index >= 15 is 0 Å². The highest BCUT2D eigenvalue weighted by Gasteiger charge is 2.27. The van der Waals surface area contributed by atoms with E-state index in [4.69, 9.17) is 0 Å². The predicted molar refractivity (Wildman–Crippen MR) is 101 cm³/mol. The van der Waals surface area contributed by atoms with Crippen LogP contribution in [0.15, 0.2) is 6.07 Å². The quantitative estimate of drug-likeness (QED) is 0.712. The first kappa shape index (κ1) is 18.4. The van der Waals surface area contributed by atoms with Crippen molar-refractivity contribution in [2.24, 2.45) is 0 Å². The number of amides is 1. The molecule has 2 saturated heterocycles. The second-order valence-electron chi connectivity index (χ2n) is 7.85. The first-order valence-corrected chi connectivity index (χ1v) is 10.2. The number of unbranched alkanes of at least 4 members (excludes halogenated alkanes) is 1. The minimum atomic E-state index is 0.317. The summed E-state index contributed by atoms with van der Waals surface area (Å²) in [6, 6.07) is 2.44. The fraction of sp³-hybridized carbons (Fsp3) is 0.800. The zero-order valence-electron chi connectivity index (χ0n) is 16.0. The summed E-state index contributed by atoms with van der Waals surface area (Å²) < 4.78 is 2.08. The van der Waals surface area contributed by atoms with Crippen molar-refractivity contribution in [1.29, 1.82) is 0 Å². The van der Waals surface area contributed by atoms with Gasteiger partial charge in [0.15, 0.2) is 0 Å². The van der Waals surface area contributed by atoms with Crippen LogP contribution >= 0.6 is 0 Å². The Bertz CT molecular complexity index is 562. The smallest absolute Gasteiger partial charge is 0.222 e. The average Bonchev–Trinajstić information content (AvgIpc) is 3.22. The Labute approximate surface area is 152 Å². The van der Waals surface area contributed by atoms with E-state index in [0.29, 0.717) is 18.4 Å². The van der Waals surface area contributed by atoms with Crippen LogP contribution < -0.4 is 0 Å². The molecule has 3 heterocycles. The van der Waals surface area contributed by atoms with Gasteiger partial charge in [-0.25, -0.2) is 0 Å². The zero-order valence-corrected chi connectivity index (χ0v) is 16.0. The van der Waals surface area contributed by atoms with E-state index in [1.54, 1.807) is 0 Å². The Morgan fingerprint density at radius 1 is 1.12 bits per heavy atom. The van der Waals surface area contributed by atoms with Gasteiger partial charge >= 0.3 is 0 Å². The Morgan fingerprint density at radius 3 is 2.60 bits per heavy atom. The molecule has 1 atom stereocenters. The number of carbonyl (C=O) groups excluding carboxylic acids is 1. The largest absolute Gasteiger partial charge is 0.338 e. The van der Waals surface area contributed by atoms with Gasteiger partial charge in [-0.15, -0.1) is 0 Å². The monoisotopic (exact) mass is 346 g/mol. The highest BCUT2D eigenvalue weighted by molar-refractivity contribution is 5.76. The summed E-state index contributed by atoms with van der Waals surface area (Å²) in [5.74, 6) is 0.354. The SMILES string of the molecule is Cc1cc(C)n(C[C@@H]2CCCCN2C(=O)CCCCN2CCCC2)n1. The van der Waals surface area contributed by atoms with E-state index in [1.165, 1.54) is 44.6 Å². The molecule has 0 spiro atoms. The third kappa shape index (κ3) is 5.06. The normalized spacial score (nSPS) is 21.8. The van der Waals surface area contributed by atoms with Crippen LogP contribution in [0.5, 0.6) is 0 Å². The number of hydrogen-bond donors (Lipinski definition) is 0. The van der Waals surface area contributed by atoms with Crippen molar-refractivity contribution >= 4 is 5.91 Å². The average molecular weight is 347 g/mol. The summed E-state index contributed by atoms with van der Waals surface area (Å²) in [6.07, 6.45) is 9.07. The van der Waals surface area contributed by atoms with Gasteiger partial charge in [-0.2, -0.15) is 5.10 Å². The first-order chi connectivity index (χ1) is 12.1. The third-order valence-electron chi connectivity index (χ3n) is 5.75. The lowest BCUT2D eigenvalue weighted by Crippen LogP contribution is -2.46. The number of piperidine rings is 1. The molecule has 140 valence electrons. The third-order valence-corrected chi connectivity index (χ3v) is 5.75. The van der Waals surface area contributed by atoms with Gasteiger partial charge in [0.2, 0.25) is 5.91 Å². The van der Waals surface area contributed by atoms with Crippen molar-refractivity contribution in [2.45, 2.75) is 77.8 Å². The molecule has 0 unspecified atom stereocenters. The number of hydrogen-bond acceptors (Lipinski definition) is 3. The van der Waals surface area contributed by atoms with E-state index < -0.39 is 0 Å². The lowest BCUT2D eigenvalue weighted by Gasteiger charge is -2.36. The van der Waals surface area contributed by atoms with Gasteiger partial charge in [0.1, 0.15) is 0 Å². The van der Waals surface area contributed by atoms with E-state index in [-0.39, 0.29) is 0 Å². The maximum Gasteiger partial charge on any atom is 0.222 e. The molecule has 5 heteroatoms. The molecule has 1 aromatic rings. The standard InChI is InChI=1S/C20H34N4O/c1-17-15-18(2)24(21-17)16-19-9-3-6-14-23(19)20(25)10-4-5-11-22-12-7-8-13-22/h15,19H,3-14,16H2,1-2H3/t19-/m0/s1. The van der Waals surface area contributed by atoms with E-state index in [2.05, 4.69) is 32.6 Å². The molecular formula is C20H34N4O. The molecule has 2 fully saturated rings. The summed E-state index contributed by atoms with van der Waals surface area (Å²) in [6.45, 7) is 9.59. The fourth-order valence-electron chi connectivity index (χ4n) is 4.34. The molecule has 0 aromatic carbocycles. The zero-order chi connectivity index (χ0) is 17.6. The summed E-state index contributed by atoms with van der Waals surface area (Å²) >= 11 is 0. The highest BCUT2D eigenvalue weighted by atomic mass is 16.2. The molecule has 1 amide bonds. The Balaban J connectivity index is 1.47. The highest BCUT2D eigenvalue weighted by Crippen LogP contribution is 2.21. The molecule has 0 radical (unpaired) electrons. The maximum atomic E-state index is 12.8. The van der Waals surface area contributed by atoms with Crippen LogP contribution in [0, 0.1) is 13.8 Å². The van der Waals surface area contributed by atoms with Crippen LogP contribution in [0.4, 0.5) is 0 Å². The van der Waals surface area contributed by atoms with E-state index in [9.17, 15) is 4.79 Å². The van der Waals surface area contributed by atoms with Crippen molar-refractivity contribution in [3.63, 3.8) is 0 Å². The number of likely N-dealkylation sites (tertiary alicyclic amines) is 2. The molecule has 5 nitrogen and oxygen atoms in total. The van der Waals surface area contributed by atoms with Gasteiger partial charge in [0, 0.05) is 18.7 Å². The van der Waals surface area contributed by atoms with Gasteiger partial charge < -0.3 is 9.80 Å². The van der Waals surface area contributed by atoms with Crippen LogP contribution in [0.3, 0.4) is 0 Å². The van der Waals surface area contributed by atoms with Crippen LogP contribution in [-0.2, 0) is 11.3 Å². The van der Waals surface area contributed by atoms with Gasteiger partial charge in [0.25, 0.3) is 0 Å². The number of rotatable bonds is 7. The molecule has 3 rings (SSSR count). The molecule has 0 aliphatic carbocycles. The number of aromatic nitrogens is 2. The van der Waals surface area contributed by atoms with E-state index in [0.717, 1.165) is 44.5 Å². The van der Waals surface area contributed by atoms with Crippen molar-refractivity contribution in [3.8, 4) is 0 Å². The fourth-order valence-corrected chi connectivity index (χ4v) is 4.34. The molecule has 0 bridgehead atoms. The number of nitrogens with zero attached hydrogens (tertiary/aromatic N) is 4. The van der Waals surface area contributed by atoms with Gasteiger partial charge in [-0.05, 0) is 84.5 Å². The van der Waals surface area contributed by atoms with Crippen LogP contribution in [0.1, 0.15) is 62.8 Å². The van der Waals surface area contributed by atoms with Crippen molar-refractivity contribution in [1.82, 2.24) is 19.6 Å². The van der Waals surface area contributed by atoms with Crippen molar-refractivity contribution < 1.29 is 4.79 Å². The Hall–Kier alpha value is -1.36. The lowest BCUT2D eigenvalue weighted by molar-refractivity contribution is -0.135. The Kier molecular flexibility index (Phi) is 6.51. The summed E-state index contributed by atoms with van der Waals surface area (Å²) in [7, 11) is 0. The minimum Gasteiger partial charge on any atom is -0.338 e. The van der Waals surface area contributed by atoms with Crippen LogP contribution in [-0.4, -0.2) is 57.7 Å². The molecule has 2 aliphatic rings. The summed E-state index contributed by atoms with van der Waals surface area (Å²) in [5, 5.41) is 4.59. The van der Waals surface area contributed by atoms with Gasteiger partial charge in [-0.3, -0.25) is 9.48 Å². The first-order valence-electron chi connectivity index (χ1n) is 10.2. The van der Waals surface area contributed by atoms with Crippen molar-refractivity contribution in [2.75, 3.05) is 26.2 Å². The maximum absolute atomic E-state index is 12.8. The van der Waals surface area contributed by atoms with Gasteiger partial charge in [-0.1, -0.05) is 0 Å². The summed E-state index contributed by atoms with van der Waals surface area (Å²) in [5.41, 5.74) is 2.26. The van der Waals surface area contributed by atoms with Gasteiger partial charge in [0.05, 0.1) is 18.3 Å². The minimum absolute atomic E-state index is 0.317. The number of aryl methyl sites for hydroxylation is 2. The Morgan fingerprint density at radius 2 is 1.88 bits per heavy atom. The summed E-state index contributed by atoms with van der Waals surface area (Å²) in [4.78, 5) is 17.5. The van der Waals surface area contributed by atoms with Crippen molar-refractivity contribution in [3.05, 3.63) is 17.5 Å². The predicted octanol–water partition coefficient (Wildman–Crippen LogP) is 3.15. The molecule has 0 saturated carbocycles. The molecule has 2 aliphatic heterocycles. The molecule has 25 heavy (non-hydrogen) atoms. The van der Waals surface area contributed by atoms with E-state index in [1.807, 2.05) is 6.92 Å². The second-order valence-corrected chi connectivity index (χ2v) is 7.85. The second kappa shape index (κ2) is 8.84. The number of carbonyl (C=O) groups is 1. The van der Waals surface area contributed by atoms with Crippen LogP contribution in [0.2, 0.25) is 0 Å². The van der Waals surface area contributed by atoms with Crippen LogP contribution in [0.25, 0.3) is 0 Å². The lowest BCUT2D eigenvalue weighted by atomic mass is 10.0. The topological polar surface area (TPSA) is 41.4 Å². The molecular weight excluding hydrogens is 312 g/mol. The molecule has 1 aromatic heterocycles. The molecule has 0 N–H and O–H groups in total.